The molecule has 1 atom stereocenters. The van der Waals surface area contributed by atoms with Crippen molar-refractivity contribution >= 4 is 0 Å². The van der Waals surface area contributed by atoms with Crippen LogP contribution in [0.3, 0.4) is 0 Å². The van der Waals surface area contributed by atoms with Crippen molar-refractivity contribution in [2.75, 3.05) is 39.5 Å². The number of hydrogen-bond acceptors (Lipinski definition) is 4. The van der Waals surface area contributed by atoms with Crippen molar-refractivity contribution in [3.63, 3.8) is 0 Å². The molecular formula is C11H24N2O2. The summed E-state index contributed by atoms with van der Waals surface area (Å²) in [5, 5.41) is 12.6. The van der Waals surface area contributed by atoms with Gasteiger partial charge in [0.05, 0.1) is 19.8 Å². The molecule has 1 unspecified atom stereocenters. The molecule has 1 heterocycles. The van der Waals surface area contributed by atoms with Gasteiger partial charge in [-0.05, 0) is 13.0 Å². The molecule has 0 amide bonds. The molecule has 0 bridgehead atoms. The van der Waals surface area contributed by atoms with Crippen LogP contribution < -0.4 is 5.32 Å². The maximum atomic E-state index is 9.20. The van der Waals surface area contributed by atoms with Gasteiger partial charge < -0.3 is 15.2 Å². The molecule has 4 heteroatoms. The van der Waals surface area contributed by atoms with E-state index in [2.05, 4.69) is 24.1 Å². The zero-order valence-corrected chi connectivity index (χ0v) is 9.91. The van der Waals surface area contributed by atoms with Crippen molar-refractivity contribution in [2.24, 2.45) is 0 Å². The topological polar surface area (TPSA) is 44.7 Å². The second kappa shape index (κ2) is 7.17. The highest BCUT2D eigenvalue weighted by Crippen LogP contribution is 2.01. The van der Waals surface area contributed by atoms with Crippen LogP contribution >= 0.6 is 0 Å². The van der Waals surface area contributed by atoms with Crippen LogP contribution in [-0.2, 0) is 4.74 Å². The molecule has 0 aromatic rings. The fourth-order valence-electron chi connectivity index (χ4n) is 1.86. The number of aliphatic hydroxyl groups excluding tert-OH is 1. The number of rotatable bonds is 6. The van der Waals surface area contributed by atoms with E-state index in [4.69, 9.17) is 4.74 Å². The molecule has 1 fully saturated rings. The van der Waals surface area contributed by atoms with E-state index in [1.54, 1.807) is 0 Å². The molecule has 1 saturated heterocycles. The van der Waals surface area contributed by atoms with Crippen LogP contribution in [0.5, 0.6) is 0 Å². The summed E-state index contributed by atoms with van der Waals surface area (Å²) >= 11 is 0. The van der Waals surface area contributed by atoms with Gasteiger partial charge >= 0.3 is 0 Å². The lowest BCUT2D eigenvalue weighted by Gasteiger charge is -2.28. The van der Waals surface area contributed by atoms with Gasteiger partial charge in [-0.25, -0.2) is 0 Å². The largest absolute Gasteiger partial charge is 0.395 e. The summed E-state index contributed by atoms with van der Waals surface area (Å²) in [5.74, 6) is 0. The highest BCUT2D eigenvalue weighted by atomic mass is 16.5. The van der Waals surface area contributed by atoms with E-state index in [1.807, 2.05) is 0 Å². The van der Waals surface area contributed by atoms with Gasteiger partial charge in [0.2, 0.25) is 0 Å². The van der Waals surface area contributed by atoms with E-state index >= 15 is 0 Å². The van der Waals surface area contributed by atoms with Crippen molar-refractivity contribution in [3.05, 3.63) is 0 Å². The Morgan fingerprint density at radius 2 is 2.00 bits per heavy atom. The van der Waals surface area contributed by atoms with Crippen molar-refractivity contribution in [1.82, 2.24) is 10.2 Å². The van der Waals surface area contributed by atoms with Crippen molar-refractivity contribution < 1.29 is 9.84 Å². The summed E-state index contributed by atoms with van der Waals surface area (Å²) in [6.45, 7) is 9.24. The molecule has 15 heavy (non-hydrogen) atoms. The molecule has 2 N–H and O–H groups in total. The molecule has 0 radical (unpaired) electrons. The quantitative estimate of drug-likeness (QED) is 0.659. The van der Waals surface area contributed by atoms with Gasteiger partial charge in [0.1, 0.15) is 0 Å². The Bertz CT molecular complexity index is 159. The second-order valence-corrected chi connectivity index (χ2v) is 4.44. The molecule has 0 spiro atoms. The van der Waals surface area contributed by atoms with Gasteiger partial charge in [-0.2, -0.15) is 0 Å². The summed E-state index contributed by atoms with van der Waals surface area (Å²) in [6.07, 6.45) is 1.01. The minimum absolute atomic E-state index is 0.225. The number of aliphatic hydroxyl groups is 1. The third kappa shape index (κ3) is 5.47. The van der Waals surface area contributed by atoms with Gasteiger partial charge in [0, 0.05) is 25.2 Å². The maximum Gasteiger partial charge on any atom is 0.0594 e. The van der Waals surface area contributed by atoms with Crippen LogP contribution in [0.25, 0.3) is 0 Å². The Labute approximate surface area is 92.6 Å². The van der Waals surface area contributed by atoms with E-state index in [1.165, 1.54) is 0 Å². The summed E-state index contributed by atoms with van der Waals surface area (Å²) in [6, 6.07) is 0.666. The van der Waals surface area contributed by atoms with Crippen molar-refractivity contribution in [2.45, 2.75) is 32.4 Å². The predicted octanol–water partition coefficient (Wildman–Crippen LogP) is 0.0676. The zero-order chi connectivity index (χ0) is 11.1. The first-order valence-electron chi connectivity index (χ1n) is 5.89. The molecular weight excluding hydrogens is 192 g/mol. The van der Waals surface area contributed by atoms with Crippen molar-refractivity contribution in [3.8, 4) is 0 Å². The average molecular weight is 216 g/mol. The molecule has 1 aliphatic rings. The number of morpholine rings is 1. The normalized spacial score (nSPS) is 20.8. The first-order chi connectivity index (χ1) is 7.22. The SMILES string of the molecule is CC(C)NC(CO)CCN1CCOCC1. The van der Waals surface area contributed by atoms with Gasteiger partial charge in [-0.3, -0.25) is 4.90 Å². The third-order valence-electron chi connectivity index (χ3n) is 2.69. The first-order valence-corrected chi connectivity index (χ1v) is 5.89. The van der Waals surface area contributed by atoms with Gasteiger partial charge in [-0.1, -0.05) is 13.8 Å². The molecule has 0 aromatic carbocycles. The van der Waals surface area contributed by atoms with Crippen LogP contribution in [0.4, 0.5) is 0 Å². The van der Waals surface area contributed by atoms with Gasteiger partial charge in [0.15, 0.2) is 0 Å². The van der Waals surface area contributed by atoms with E-state index in [9.17, 15) is 5.11 Å². The summed E-state index contributed by atoms with van der Waals surface area (Å²) in [5.41, 5.74) is 0. The maximum absolute atomic E-state index is 9.20. The molecule has 1 aliphatic heterocycles. The van der Waals surface area contributed by atoms with E-state index in [0.717, 1.165) is 39.3 Å². The molecule has 0 aliphatic carbocycles. The molecule has 0 aromatic heterocycles. The van der Waals surface area contributed by atoms with Crippen molar-refractivity contribution in [1.29, 1.82) is 0 Å². The standard InChI is InChI=1S/C11H24N2O2/c1-10(2)12-11(9-14)3-4-13-5-7-15-8-6-13/h10-12,14H,3-9H2,1-2H3. The summed E-state index contributed by atoms with van der Waals surface area (Å²) < 4.78 is 5.29. The fourth-order valence-corrected chi connectivity index (χ4v) is 1.86. The number of nitrogens with zero attached hydrogens (tertiary/aromatic N) is 1. The van der Waals surface area contributed by atoms with Crippen LogP contribution in [0, 0.1) is 0 Å². The lowest BCUT2D eigenvalue weighted by Crippen LogP contribution is -2.42. The monoisotopic (exact) mass is 216 g/mol. The Morgan fingerprint density at radius 3 is 2.53 bits per heavy atom. The van der Waals surface area contributed by atoms with Crippen LogP contribution in [0.1, 0.15) is 20.3 Å². The van der Waals surface area contributed by atoms with E-state index in [-0.39, 0.29) is 12.6 Å². The fraction of sp³-hybridized carbons (Fsp3) is 1.00. The van der Waals surface area contributed by atoms with Crippen LogP contribution in [0.2, 0.25) is 0 Å². The minimum Gasteiger partial charge on any atom is -0.395 e. The molecule has 4 nitrogen and oxygen atoms in total. The number of nitrogens with one attached hydrogen (secondary N) is 1. The first kappa shape index (κ1) is 12.9. The smallest absolute Gasteiger partial charge is 0.0594 e. The highest BCUT2D eigenvalue weighted by Gasteiger charge is 2.13. The van der Waals surface area contributed by atoms with Crippen LogP contribution in [-0.4, -0.2) is 61.5 Å². The Kier molecular flexibility index (Phi) is 6.17. The Morgan fingerprint density at radius 1 is 1.33 bits per heavy atom. The number of hydrogen-bond donors (Lipinski definition) is 2. The Balaban J connectivity index is 2.14. The molecule has 0 saturated carbocycles. The predicted molar refractivity (Wildman–Crippen MR) is 61.0 cm³/mol. The number of ether oxygens (including phenoxy) is 1. The summed E-state index contributed by atoms with van der Waals surface area (Å²) in [4.78, 5) is 2.40. The Hall–Kier alpha value is -0.160. The van der Waals surface area contributed by atoms with Gasteiger partial charge in [0.25, 0.3) is 0 Å². The lowest BCUT2D eigenvalue weighted by molar-refractivity contribution is 0.0350. The highest BCUT2D eigenvalue weighted by molar-refractivity contribution is 4.71. The van der Waals surface area contributed by atoms with Crippen LogP contribution in [0.15, 0.2) is 0 Å². The van der Waals surface area contributed by atoms with Gasteiger partial charge in [-0.15, -0.1) is 0 Å². The lowest BCUT2D eigenvalue weighted by atomic mass is 10.2. The van der Waals surface area contributed by atoms with E-state index in [0.29, 0.717) is 6.04 Å². The van der Waals surface area contributed by atoms with E-state index < -0.39 is 0 Å². The average Bonchev–Trinajstić information content (AvgIpc) is 2.25. The molecule has 90 valence electrons. The second-order valence-electron chi connectivity index (χ2n) is 4.44. The minimum atomic E-state index is 0.225. The molecule has 1 rings (SSSR count). The summed E-state index contributed by atoms with van der Waals surface area (Å²) in [7, 11) is 0. The third-order valence-corrected chi connectivity index (χ3v) is 2.69. The zero-order valence-electron chi connectivity index (χ0n) is 9.91.